The number of nitrogens with two attached hydrogens (primary N) is 1. The van der Waals surface area contributed by atoms with Gasteiger partial charge in [-0.05, 0) is 31.2 Å². The minimum absolute atomic E-state index is 0.829. The van der Waals surface area contributed by atoms with Gasteiger partial charge in [0.1, 0.15) is 5.75 Å². The largest absolute Gasteiger partial charge is 0.497 e. The first-order chi connectivity index (χ1) is 8.72. The molecule has 2 rings (SSSR count). The van der Waals surface area contributed by atoms with Crippen molar-refractivity contribution in [3.63, 3.8) is 0 Å². The zero-order chi connectivity index (χ0) is 13.8. The van der Waals surface area contributed by atoms with Gasteiger partial charge in [-0.3, -0.25) is 0 Å². The average Bonchev–Trinajstić information content (AvgIpc) is 2.46. The number of nitrogen functional groups attached to an aromatic ring is 1. The fourth-order valence-electron chi connectivity index (χ4n) is 1.12. The van der Waals surface area contributed by atoms with E-state index < -0.39 is 0 Å². The normalized spacial score (nSPS) is 8.22. The summed E-state index contributed by atoms with van der Waals surface area (Å²) in [7, 11) is 1.66. The lowest BCUT2D eigenvalue weighted by atomic mass is 10.2. The number of benzene rings is 2. The number of methoxy groups -OCH3 is 1. The molecule has 2 heteroatoms. The summed E-state index contributed by atoms with van der Waals surface area (Å²) < 4.78 is 4.91. The Balaban J connectivity index is 0.000000283. The predicted octanol–water partition coefficient (Wildman–Crippen LogP) is 4.30. The Hall–Kier alpha value is -1.96. The van der Waals surface area contributed by atoms with Crippen LogP contribution < -0.4 is 10.5 Å². The molecule has 0 radical (unpaired) electrons. The van der Waals surface area contributed by atoms with E-state index >= 15 is 0 Å². The molecule has 0 amide bonds. The van der Waals surface area contributed by atoms with Crippen molar-refractivity contribution in [1.82, 2.24) is 0 Å². The molecule has 0 heterocycles. The highest BCUT2D eigenvalue weighted by Crippen LogP contribution is 2.05. The first-order valence-electron chi connectivity index (χ1n) is 6.13. The lowest BCUT2D eigenvalue weighted by molar-refractivity contribution is 0.415. The number of anilines is 1. The molecular weight excluding hydrogens is 222 g/mol. The van der Waals surface area contributed by atoms with E-state index in [1.54, 1.807) is 7.11 Å². The Bertz CT molecular complexity index is 374. The Kier molecular flexibility index (Phi) is 9.10. The van der Waals surface area contributed by atoms with Crippen LogP contribution in [0, 0.1) is 6.92 Å². The highest BCUT2D eigenvalue weighted by Gasteiger charge is 1.80. The van der Waals surface area contributed by atoms with E-state index in [-0.39, 0.29) is 0 Å². The fourth-order valence-corrected chi connectivity index (χ4v) is 1.12. The first kappa shape index (κ1) is 16.0. The van der Waals surface area contributed by atoms with E-state index in [9.17, 15) is 0 Å². The smallest absolute Gasteiger partial charge is 0.118 e. The standard InChI is InChI=1S/C7H9N.C7H8O.C2H6/c1-6-2-4-7(8)5-3-6;1-8-7-5-3-2-4-6-7;1-2/h2-5H,8H2,1H3;2-6H,1H3;1-2H3. The van der Waals surface area contributed by atoms with E-state index in [0.717, 1.165) is 11.4 Å². The summed E-state index contributed by atoms with van der Waals surface area (Å²) in [6, 6.07) is 17.5. The van der Waals surface area contributed by atoms with E-state index in [0.29, 0.717) is 0 Å². The van der Waals surface area contributed by atoms with Gasteiger partial charge in [0, 0.05) is 5.69 Å². The van der Waals surface area contributed by atoms with Crippen molar-refractivity contribution in [3.05, 3.63) is 60.2 Å². The summed E-state index contributed by atoms with van der Waals surface area (Å²) in [6.07, 6.45) is 0. The first-order valence-corrected chi connectivity index (χ1v) is 6.13. The van der Waals surface area contributed by atoms with Gasteiger partial charge in [-0.15, -0.1) is 0 Å². The maximum absolute atomic E-state index is 5.43. The van der Waals surface area contributed by atoms with Crippen LogP contribution in [0.25, 0.3) is 0 Å². The van der Waals surface area contributed by atoms with Gasteiger partial charge in [-0.25, -0.2) is 0 Å². The van der Waals surface area contributed by atoms with Gasteiger partial charge in [-0.1, -0.05) is 49.7 Å². The van der Waals surface area contributed by atoms with Crippen molar-refractivity contribution in [2.24, 2.45) is 0 Å². The molecule has 2 aromatic rings. The van der Waals surface area contributed by atoms with Crippen LogP contribution in [0.5, 0.6) is 5.75 Å². The summed E-state index contributed by atoms with van der Waals surface area (Å²) in [4.78, 5) is 0. The van der Waals surface area contributed by atoms with Crippen LogP contribution in [0.4, 0.5) is 5.69 Å². The average molecular weight is 245 g/mol. The minimum Gasteiger partial charge on any atom is -0.497 e. The molecule has 0 aliphatic carbocycles. The summed E-state index contributed by atoms with van der Waals surface area (Å²) in [5, 5.41) is 0. The van der Waals surface area contributed by atoms with Crippen LogP contribution in [0.15, 0.2) is 54.6 Å². The molecule has 0 spiro atoms. The van der Waals surface area contributed by atoms with Crippen molar-refractivity contribution in [2.45, 2.75) is 20.8 Å². The SMILES string of the molecule is CC.COc1ccccc1.Cc1ccc(N)cc1. The molecule has 98 valence electrons. The van der Waals surface area contributed by atoms with Crippen molar-refractivity contribution in [3.8, 4) is 5.75 Å². The molecule has 0 aromatic heterocycles. The Morgan fingerprint density at radius 2 is 1.33 bits per heavy atom. The van der Waals surface area contributed by atoms with Gasteiger partial charge in [0.15, 0.2) is 0 Å². The summed E-state index contributed by atoms with van der Waals surface area (Å²) in [6.45, 7) is 6.04. The van der Waals surface area contributed by atoms with Crippen molar-refractivity contribution >= 4 is 5.69 Å². The van der Waals surface area contributed by atoms with Crippen LogP contribution in [0.1, 0.15) is 19.4 Å². The summed E-state index contributed by atoms with van der Waals surface area (Å²) in [5.41, 5.74) is 7.51. The third kappa shape index (κ3) is 7.34. The summed E-state index contributed by atoms with van der Waals surface area (Å²) >= 11 is 0. The predicted molar refractivity (Wildman–Crippen MR) is 79.9 cm³/mol. The molecule has 2 N–H and O–H groups in total. The van der Waals surface area contributed by atoms with Gasteiger partial charge in [0.05, 0.1) is 7.11 Å². The Morgan fingerprint density at radius 1 is 0.833 bits per heavy atom. The molecule has 0 atom stereocenters. The lowest BCUT2D eigenvalue weighted by Gasteiger charge is -1.93. The molecule has 0 aliphatic rings. The minimum atomic E-state index is 0.829. The number of ether oxygens (including phenoxy) is 1. The van der Waals surface area contributed by atoms with Gasteiger partial charge < -0.3 is 10.5 Å². The van der Waals surface area contributed by atoms with Gasteiger partial charge in [-0.2, -0.15) is 0 Å². The fraction of sp³-hybridized carbons (Fsp3) is 0.250. The maximum atomic E-state index is 5.43. The van der Waals surface area contributed by atoms with Crippen molar-refractivity contribution in [2.75, 3.05) is 12.8 Å². The topological polar surface area (TPSA) is 35.2 Å². The monoisotopic (exact) mass is 245 g/mol. The molecular formula is C16H23NO. The van der Waals surface area contributed by atoms with Crippen LogP contribution in [0.3, 0.4) is 0 Å². The van der Waals surface area contributed by atoms with E-state index in [2.05, 4.69) is 0 Å². The van der Waals surface area contributed by atoms with Crippen LogP contribution >= 0.6 is 0 Å². The highest BCUT2D eigenvalue weighted by molar-refractivity contribution is 5.38. The van der Waals surface area contributed by atoms with Crippen molar-refractivity contribution in [1.29, 1.82) is 0 Å². The molecule has 0 saturated heterocycles. The third-order valence-corrected chi connectivity index (χ3v) is 2.06. The van der Waals surface area contributed by atoms with Crippen LogP contribution in [0.2, 0.25) is 0 Å². The Labute approximate surface area is 110 Å². The van der Waals surface area contributed by atoms with Gasteiger partial charge >= 0.3 is 0 Å². The van der Waals surface area contributed by atoms with E-state index in [1.807, 2.05) is 75.4 Å². The van der Waals surface area contributed by atoms with Crippen LogP contribution in [-0.2, 0) is 0 Å². The molecule has 0 unspecified atom stereocenters. The van der Waals surface area contributed by atoms with Crippen LogP contribution in [-0.4, -0.2) is 7.11 Å². The zero-order valence-corrected chi connectivity index (χ0v) is 11.7. The second-order valence-corrected chi connectivity index (χ2v) is 3.43. The summed E-state index contributed by atoms with van der Waals surface area (Å²) in [5.74, 6) is 0.910. The highest BCUT2D eigenvalue weighted by atomic mass is 16.5. The molecule has 2 nitrogen and oxygen atoms in total. The second kappa shape index (κ2) is 10.2. The zero-order valence-electron chi connectivity index (χ0n) is 11.7. The van der Waals surface area contributed by atoms with E-state index in [1.165, 1.54) is 5.56 Å². The number of rotatable bonds is 1. The Morgan fingerprint density at radius 3 is 1.67 bits per heavy atom. The number of para-hydroxylation sites is 1. The molecule has 2 aromatic carbocycles. The van der Waals surface area contributed by atoms with E-state index in [4.69, 9.17) is 10.5 Å². The molecule has 0 bridgehead atoms. The quantitative estimate of drug-likeness (QED) is 0.760. The number of hydrogen-bond acceptors (Lipinski definition) is 2. The number of hydrogen-bond donors (Lipinski definition) is 1. The van der Waals surface area contributed by atoms with Gasteiger partial charge in [0.2, 0.25) is 0 Å². The second-order valence-electron chi connectivity index (χ2n) is 3.43. The number of aryl methyl sites for hydroxylation is 1. The maximum Gasteiger partial charge on any atom is 0.118 e. The molecule has 0 aliphatic heterocycles. The molecule has 0 fully saturated rings. The van der Waals surface area contributed by atoms with Crippen molar-refractivity contribution < 1.29 is 4.74 Å². The van der Waals surface area contributed by atoms with Gasteiger partial charge in [0.25, 0.3) is 0 Å². The molecule has 0 saturated carbocycles. The third-order valence-electron chi connectivity index (χ3n) is 2.06. The lowest BCUT2D eigenvalue weighted by Crippen LogP contribution is -1.81. The molecule has 18 heavy (non-hydrogen) atoms.